The van der Waals surface area contributed by atoms with Crippen LogP contribution in [0.5, 0.6) is 0 Å². The van der Waals surface area contributed by atoms with Crippen molar-refractivity contribution < 1.29 is 19.1 Å². The molecule has 6 heteroatoms. The predicted octanol–water partition coefficient (Wildman–Crippen LogP) is 1.05. The summed E-state index contributed by atoms with van der Waals surface area (Å²) in [5.74, 6) is -0.538. The number of hydrogen-bond donors (Lipinski definition) is 1. The van der Waals surface area contributed by atoms with E-state index in [2.05, 4.69) is 5.32 Å². The summed E-state index contributed by atoms with van der Waals surface area (Å²) in [7, 11) is 0. The van der Waals surface area contributed by atoms with Crippen molar-refractivity contribution in [2.24, 2.45) is 11.3 Å². The summed E-state index contributed by atoms with van der Waals surface area (Å²) in [6.07, 6.45) is 3.81. The molecule has 2 saturated heterocycles. The zero-order chi connectivity index (χ0) is 14.3. The Morgan fingerprint density at radius 2 is 2.10 bits per heavy atom. The Balaban J connectivity index is 1.76. The second-order valence-electron chi connectivity index (χ2n) is 5.98. The van der Waals surface area contributed by atoms with E-state index in [9.17, 15) is 14.4 Å². The summed E-state index contributed by atoms with van der Waals surface area (Å²) in [6.45, 7) is 3.08. The highest BCUT2D eigenvalue weighted by molar-refractivity contribution is 6.19. The molecule has 3 aliphatic rings. The monoisotopic (exact) mass is 280 g/mol. The number of hydrogen-bond acceptors (Lipinski definition) is 4. The summed E-state index contributed by atoms with van der Waals surface area (Å²) in [5.41, 5.74) is -0.963. The number of rotatable bonds is 3. The first-order valence-corrected chi connectivity index (χ1v) is 7.37. The van der Waals surface area contributed by atoms with Gasteiger partial charge >= 0.3 is 6.03 Å². The molecule has 0 aromatic rings. The van der Waals surface area contributed by atoms with Crippen LogP contribution in [0.15, 0.2) is 0 Å². The first kappa shape index (κ1) is 13.5. The normalized spacial score (nSPS) is 32.5. The molecule has 3 rings (SSSR count). The summed E-state index contributed by atoms with van der Waals surface area (Å²) in [6, 6.07) is -0.570. The molecule has 1 saturated carbocycles. The van der Waals surface area contributed by atoms with Gasteiger partial charge in [-0.05, 0) is 25.7 Å². The zero-order valence-corrected chi connectivity index (χ0v) is 11.7. The molecular weight excluding hydrogens is 260 g/mol. The van der Waals surface area contributed by atoms with Crippen LogP contribution in [0.4, 0.5) is 4.79 Å². The van der Waals surface area contributed by atoms with Crippen molar-refractivity contribution in [1.29, 1.82) is 0 Å². The average Bonchev–Trinajstić information content (AvgIpc) is 2.79. The van der Waals surface area contributed by atoms with Crippen LogP contribution in [0.1, 0.15) is 39.0 Å². The average molecular weight is 280 g/mol. The minimum absolute atomic E-state index is 0.102. The van der Waals surface area contributed by atoms with Gasteiger partial charge in [-0.25, -0.2) is 4.79 Å². The van der Waals surface area contributed by atoms with Gasteiger partial charge in [0.05, 0.1) is 6.10 Å². The molecule has 6 nitrogen and oxygen atoms in total. The highest BCUT2D eigenvalue weighted by atomic mass is 16.5. The Morgan fingerprint density at radius 1 is 1.35 bits per heavy atom. The molecule has 0 aromatic carbocycles. The third-order valence-corrected chi connectivity index (χ3v) is 4.93. The minimum atomic E-state index is -0.963. The maximum absolute atomic E-state index is 12.5. The van der Waals surface area contributed by atoms with Gasteiger partial charge in [0.1, 0.15) is 5.41 Å². The second-order valence-corrected chi connectivity index (χ2v) is 5.98. The van der Waals surface area contributed by atoms with Gasteiger partial charge in [0.25, 0.3) is 0 Å². The van der Waals surface area contributed by atoms with E-state index < -0.39 is 17.4 Å². The van der Waals surface area contributed by atoms with Gasteiger partial charge in [0.2, 0.25) is 11.8 Å². The van der Waals surface area contributed by atoms with Crippen LogP contribution in [0.25, 0.3) is 0 Å². The number of amides is 4. The molecule has 2 heterocycles. The molecular formula is C14H20N2O4. The number of barbiturate groups is 1. The van der Waals surface area contributed by atoms with E-state index in [1.54, 1.807) is 0 Å². The van der Waals surface area contributed by atoms with Gasteiger partial charge in [-0.1, -0.05) is 13.3 Å². The van der Waals surface area contributed by atoms with Gasteiger partial charge in [-0.15, -0.1) is 0 Å². The van der Waals surface area contributed by atoms with Gasteiger partial charge in [-0.2, -0.15) is 0 Å². The number of carbonyl (C=O) groups is 3. The molecule has 3 fully saturated rings. The van der Waals surface area contributed by atoms with E-state index in [0.29, 0.717) is 26.0 Å². The highest BCUT2D eigenvalue weighted by Gasteiger charge is 2.57. The summed E-state index contributed by atoms with van der Waals surface area (Å²) < 4.78 is 5.60. The number of ether oxygens (including phenoxy) is 1. The molecule has 20 heavy (non-hydrogen) atoms. The van der Waals surface area contributed by atoms with E-state index in [4.69, 9.17) is 4.74 Å². The lowest BCUT2D eigenvalue weighted by atomic mass is 9.66. The molecule has 2 aliphatic heterocycles. The first-order valence-electron chi connectivity index (χ1n) is 7.37. The summed E-state index contributed by atoms with van der Waals surface area (Å²) in [4.78, 5) is 37.7. The molecule has 0 aromatic heterocycles. The van der Waals surface area contributed by atoms with Crippen molar-refractivity contribution >= 4 is 17.8 Å². The van der Waals surface area contributed by atoms with Gasteiger partial charge in [0.15, 0.2) is 0 Å². The lowest BCUT2D eigenvalue weighted by Gasteiger charge is -2.45. The van der Waals surface area contributed by atoms with Crippen LogP contribution in [0, 0.1) is 11.3 Å². The summed E-state index contributed by atoms with van der Waals surface area (Å²) >= 11 is 0. The van der Waals surface area contributed by atoms with E-state index in [-0.39, 0.29) is 17.9 Å². The first-order chi connectivity index (χ1) is 9.58. The minimum Gasteiger partial charge on any atom is -0.378 e. The van der Waals surface area contributed by atoms with Crippen molar-refractivity contribution in [1.82, 2.24) is 10.2 Å². The van der Waals surface area contributed by atoms with Crippen molar-refractivity contribution in [2.75, 3.05) is 13.2 Å². The number of nitrogens with zero attached hydrogens (tertiary/aromatic N) is 1. The molecule has 2 atom stereocenters. The summed E-state index contributed by atoms with van der Waals surface area (Å²) in [5, 5.41) is 2.35. The molecule has 1 aliphatic carbocycles. The lowest BCUT2D eigenvalue weighted by Crippen LogP contribution is -2.66. The molecule has 2 unspecified atom stereocenters. The molecule has 1 spiro atoms. The maximum atomic E-state index is 12.5. The Morgan fingerprint density at radius 3 is 2.70 bits per heavy atom. The van der Waals surface area contributed by atoms with Crippen LogP contribution in [0.3, 0.4) is 0 Å². The molecule has 1 N–H and O–H groups in total. The van der Waals surface area contributed by atoms with Crippen LogP contribution >= 0.6 is 0 Å². The highest BCUT2D eigenvalue weighted by Crippen LogP contribution is 2.44. The van der Waals surface area contributed by atoms with Crippen molar-refractivity contribution in [3.05, 3.63) is 0 Å². The molecule has 0 bridgehead atoms. The smallest absolute Gasteiger partial charge is 0.330 e. The number of nitrogens with one attached hydrogen (secondary N) is 1. The third-order valence-electron chi connectivity index (χ3n) is 4.93. The number of carbonyl (C=O) groups excluding carboxylic acids is 3. The fourth-order valence-corrected chi connectivity index (χ4v) is 3.46. The van der Waals surface area contributed by atoms with Crippen molar-refractivity contribution in [3.63, 3.8) is 0 Å². The van der Waals surface area contributed by atoms with Gasteiger partial charge < -0.3 is 4.74 Å². The van der Waals surface area contributed by atoms with E-state index in [0.717, 1.165) is 19.3 Å². The quantitative estimate of drug-likeness (QED) is 0.784. The fourth-order valence-electron chi connectivity index (χ4n) is 3.46. The lowest BCUT2D eigenvalue weighted by molar-refractivity contribution is -0.158. The fraction of sp³-hybridized carbons (Fsp3) is 0.786. The van der Waals surface area contributed by atoms with Crippen LogP contribution < -0.4 is 5.32 Å². The van der Waals surface area contributed by atoms with Crippen molar-refractivity contribution in [2.45, 2.75) is 45.1 Å². The van der Waals surface area contributed by atoms with Crippen LogP contribution in [-0.2, 0) is 14.3 Å². The zero-order valence-electron chi connectivity index (χ0n) is 11.7. The second kappa shape index (κ2) is 4.84. The molecule has 110 valence electrons. The van der Waals surface area contributed by atoms with Gasteiger partial charge in [-0.3, -0.25) is 19.8 Å². The standard InChI is InChI=1S/C14H20N2O4/c1-2-10-9(4-7-20-10)8-16-12(18)14(5-3-6-14)11(17)15-13(16)19/h9-10H,2-8H2,1H3,(H,15,17,19). The number of urea groups is 1. The largest absolute Gasteiger partial charge is 0.378 e. The predicted molar refractivity (Wildman–Crippen MR) is 69.7 cm³/mol. The van der Waals surface area contributed by atoms with Crippen LogP contribution in [0.2, 0.25) is 0 Å². The van der Waals surface area contributed by atoms with E-state index >= 15 is 0 Å². The Kier molecular flexibility index (Phi) is 3.28. The van der Waals surface area contributed by atoms with Crippen molar-refractivity contribution in [3.8, 4) is 0 Å². The topological polar surface area (TPSA) is 75.7 Å². The van der Waals surface area contributed by atoms with E-state index in [1.807, 2.05) is 6.92 Å². The van der Waals surface area contributed by atoms with Crippen LogP contribution in [-0.4, -0.2) is 42.0 Å². The Labute approximate surface area is 117 Å². The molecule has 4 amide bonds. The third kappa shape index (κ3) is 1.85. The molecule has 0 radical (unpaired) electrons. The Bertz CT molecular complexity index is 458. The van der Waals surface area contributed by atoms with E-state index in [1.165, 1.54) is 4.90 Å². The van der Waals surface area contributed by atoms with Gasteiger partial charge in [0, 0.05) is 19.1 Å². The maximum Gasteiger partial charge on any atom is 0.330 e. The number of imide groups is 2. The SMILES string of the molecule is CCC1OCCC1CN1C(=O)NC(=O)C2(CCC2)C1=O. The Hall–Kier alpha value is -1.43.